The number of fused-ring (bicyclic) bond motifs is 1. The monoisotopic (exact) mass is 567 g/mol. The van der Waals surface area contributed by atoms with Gasteiger partial charge in [-0.3, -0.25) is 9.59 Å². The first-order valence-corrected chi connectivity index (χ1v) is 13.4. The van der Waals surface area contributed by atoms with Gasteiger partial charge in [-0.1, -0.05) is 25.5 Å². The Balaban J connectivity index is 1.92. The van der Waals surface area contributed by atoms with Gasteiger partial charge in [0.2, 0.25) is 0 Å². The largest absolute Gasteiger partial charge is 0.573 e. The summed E-state index contributed by atoms with van der Waals surface area (Å²) in [6, 6.07) is 9.23. The van der Waals surface area contributed by atoms with Crippen LogP contribution >= 0.6 is 11.8 Å². The fourth-order valence-corrected chi connectivity index (χ4v) is 4.77. The van der Waals surface area contributed by atoms with Crippen LogP contribution in [0, 0.1) is 0 Å². The van der Waals surface area contributed by atoms with Crippen LogP contribution in [0.25, 0.3) is 0 Å². The smallest absolute Gasteiger partial charge is 0.444 e. The summed E-state index contributed by atoms with van der Waals surface area (Å²) in [4.78, 5) is 41.1. The third kappa shape index (κ3) is 9.09. The van der Waals surface area contributed by atoms with Gasteiger partial charge in [-0.15, -0.1) is 24.9 Å². The number of ether oxygens (including phenoxy) is 2. The van der Waals surface area contributed by atoms with Gasteiger partial charge >= 0.3 is 12.5 Å². The summed E-state index contributed by atoms with van der Waals surface area (Å²) in [6.45, 7) is 7.62. The van der Waals surface area contributed by atoms with E-state index in [4.69, 9.17) is 4.74 Å². The molecular formula is C27H32F3N3O5S. The molecule has 0 fully saturated rings. The van der Waals surface area contributed by atoms with E-state index in [1.807, 2.05) is 6.92 Å². The van der Waals surface area contributed by atoms with E-state index in [0.29, 0.717) is 28.3 Å². The molecule has 0 spiro atoms. The third-order valence-corrected chi connectivity index (χ3v) is 6.64. The Hall–Kier alpha value is -3.41. The lowest BCUT2D eigenvalue weighted by molar-refractivity contribution is -0.274. The number of hydrogen-bond acceptors (Lipinski definition) is 6. The van der Waals surface area contributed by atoms with Crippen LogP contribution in [0.1, 0.15) is 56.5 Å². The third-order valence-electron chi connectivity index (χ3n) is 5.49. The van der Waals surface area contributed by atoms with Crippen molar-refractivity contribution in [2.75, 3.05) is 17.2 Å². The first-order chi connectivity index (χ1) is 18.3. The number of anilines is 1. The van der Waals surface area contributed by atoms with Crippen molar-refractivity contribution in [1.29, 1.82) is 0 Å². The molecule has 3 amide bonds. The summed E-state index contributed by atoms with van der Waals surface area (Å²) in [5, 5.41) is 5.48. The number of nitrogens with zero attached hydrogens (tertiary/aromatic N) is 1. The van der Waals surface area contributed by atoms with Gasteiger partial charge in [-0.05, 0) is 63.1 Å². The van der Waals surface area contributed by atoms with Crippen LogP contribution in [0.5, 0.6) is 5.75 Å². The van der Waals surface area contributed by atoms with Gasteiger partial charge in [0.1, 0.15) is 17.4 Å². The van der Waals surface area contributed by atoms with Gasteiger partial charge in [0, 0.05) is 22.8 Å². The van der Waals surface area contributed by atoms with E-state index >= 15 is 0 Å². The fourth-order valence-electron chi connectivity index (χ4n) is 3.72. The number of amides is 3. The Bertz CT molecular complexity index is 1180. The van der Waals surface area contributed by atoms with Crippen molar-refractivity contribution in [2.45, 2.75) is 70.0 Å². The number of benzene rings is 2. The molecule has 39 heavy (non-hydrogen) atoms. The number of nitrogens with one attached hydrogen (secondary N) is 2. The zero-order valence-corrected chi connectivity index (χ0v) is 23.0. The molecule has 2 N–H and O–H groups in total. The molecule has 2 aromatic rings. The first-order valence-electron chi connectivity index (χ1n) is 12.5. The molecule has 0 aromatic heterocycles. The Morgan fingerprint density at radius 3 is 2.41 bits per heavy atom. The number of carbonyl (C=O) groups excluding carboxylic acids is 3. The molecular weight excluding hydrogens is 535 g/mol. The van der Waals surface area contributed by atoms with Crippen molar-refractivity contribution < 1.29 is 37.0 Å². The minimum absolute atomic E-state index is 0.0217. The zero-order valence-electron chi connectivity index (χ0n) is 22.2. The van der Waals surface area contributed by atoms with E-state index in [1.165, 1.54) is 28.8 Å². The number of carbonyl (C=O) groups is 3. The van der Waals surface area contributed by atoms with Gasteiger partial charge in [0.25, 0.3) is 11.8 Å². The summed E-state index contributed by atoms with van der Waals surface area (Å²) >= 11 is 1.34. The number of hydrogen-bond donors (Lipinski definition) is 2. The van der Waals surface area contributed by atoms with Crippen LogP contribution in [0.15, 0.2) is 47.4 Å². The molecule has 0 unspecified atom stereocenters. The van der Waals surface area contributed by atoms with Crippen molar-refractivity contribution in [3.63, 3.8) is 0 Å². The second-order valence-corrected chi connectivity index (χ2v) is 11.0. The van der Waals surface area contributed by atoms with Crippen LogP contribution in [0.4, 0.5) is 23.7 Å². The fraction of sp³-hybridized carbons (Fsp3) is 0.444. The highest BCUT2D eigenvalue weighted by Crippen LogP contribution is 2.36. The molecule has 0 saturated carbocycles. The molecule has 2 aromatic carbocycles. The molecule has 212 valence electrons. The van der Waals surface area contributed by atoms with E-state index in [-0.39, 0.29) is 24.0 Å². The van der Waals surface area contributed by atoms with E-state index in [1.54, 1.807) is 39.0 Å². The highest BCUT2D eigenvalue weighted by atomic mass is 32.2. The Labute approximate surface area is 229 Å². The van der Waals surface area contributed by atoms with Gasteiger partial charge < -0.3 is 25.0 Å². The van der Waals surface area contributed by atoms with Crippen LogP contribution in [0.2, 0.25) is 0 Å². The summed E-state index contributed by atoms with van der Waals surface area (Å²) in [7, 11) is 0. The van der Waals surface area contributed by atoms with Crippen LogP contribution in [0.3, 0.4) is 0 Å². The molecule has 0 aliphatic carbocycles. The summed E-state index contributed by atoms with van der Waals surface area (Å²) in [5.74, 6) is -0.918. The standard InChI is InChI=1S/C27H32F3N3O5S/c1-5-6-13-31-23(34)18-9-12-22-21(14-18)33(15-17-7-10-19(11-8-17)37-27(28,29)30)24(35)20(16-39-22)32-25(36)38-26(2,3)4/h7-12,14,20H,5-6,13,15-16H2,1-4H3,(H,31,34)(H,32,36)/t20-/m0/s1. The van der Waals surface area contributed by atoms with Crippen molar-refractivity contribution in [2.24, 2.45) is 0 Å². The van der Waals surface area contributed by atoms with Gasteiger partial charge in [0.05, 0.1) is 12.2 Å². The predicted octanol–water partition coefficient (Wildman–Crippen LogP) is 5.65. The van der Waals surface area contributed by atoms with Gasteiger partial charge in [-0.25, -0.2) is 4.79 Å². The number of thioether (sulfide) groups is 1. The maximum atomic E-state index is 13.7. The summed E-state index contributed by atoms with van der Waals surface area (Å²) in [6.07, 6.45) is -3.84. The average molecular weight is 568 g/mol. The Morgan fingerprint density at radius 2 is 1.79 bits per heavy atom. The van der Waals surface area contributed by atoms with Crippen LogP contribution in [-0.4, -0.2) is 48.2 Å². The molecule has 1 atom stereocenters. The number of alkyl halides is 3. The normalized spacial score (nSPS) is 15.7. The number of unbranched alkanes of at least 4 members (excludes halogenated alkanes) is 1. The van der Waals surface area contributed by atoms with Gasteiger partial charge in [0.15, 0.2) is 0 Å². The van der Waals surface area contributed by atoms with E-state index in [0.717, 1.165) is 25.0 Å². The maximum Gasteiger partial charge on any atom is 0.573 e. The second-order valence-electron chi connectivity index (χ2n) is 9.92. The number of rotatable bonds is 8. The Morgan fingerprint density at radius 1 is 1.10 bits per heavy atom. The highest BCUT2D eigenvalue weighted by Gasteiger charge is 2.34. The summed E-state index contributed by atoms with van der Waals surface area (Å²) < 4.78 is 47.0. The van der Waals surface area contributed by atoms with Crippen molar-refractivity contribution in [3.05, 3.63) is 53.6 Å². The van der Waals surface area contributed by atoms with Crippen molar-refractivity contribution in [3.8, 4) is 5.75 Å². The lowest BCUT2D eigenvalue weighted by Crippen LogP contribution is -2.50. The minimum Gasteiger partial charge on any atom is -0.444 e. The summed E-state index contributed by atoms with van der Waals surface area (Å²) in [5.41, 5.74) is 0.561. The van der Waals surface area contributed by atoms with E-state index < -0.39 is 30.0 Å². The molecule has 8 nitrogen and oxygen atoms in total. The van der Waals surface area contributed by atoms with Crippen LogP contribution < -0.4 is 20.3 Å². The first kappa shape index (κ1) is 30.1. The maximum absolute atomic E-state index is 13.7. The van der Waals surface area contributed by atoms with Crippen molar-refractivity contribution in [1.82, 2.24) is 10.6 Å². The highest BCUT2D eigenvalue weighted by molar-refractivity contribution is 7.99. The average Bonchev–Trinajstić information content (AvgIpc) is 2.95. The molecule has 0 radical (unpaired) electrons. The van der Waals surface area contributed by atoms with E-state index in [2.05, 4.69) is 15.4 Å². The molecule has 0 saturated heterocycles. The quantitative estimate of drug-likeness (QED) is 0.401. The molecule has 3 rings (SSSR count). The van der Waals surface area contributed by atoms with E-state index in [9.17, 15) is 27.6 Å². The minimum atomic E-state index is -4.83. The number of halogens is 3. The zero-order chi connectivity index (χ0) is 28.8. The molecule has 12 heteroatoms. The van der Waals surface area contributed by atoms with Crippen LogP contribution in [-0.2, 0) is 16.1 Å². The lowest BCUT2D eigenvalue weighted by Gasteiger charge is -2.27. The topological polar surface area (TPSA) is 97.0 Å². The molecule has 0 bridgehead atoms. The molecule has 1 heterocycles. The van der Waals surface area contributed by atoms with Crippen molar-refractivity contribution >= 4 is 35.4 Å². The lowest BCUT2D eigenvalue weighted by atomic mass is 10.1. The SMILES string of the molecule is CCCCNC(=O)c1ccc2c(c1)N(Cc1ccc(OC(F)(F)F)cc1)C(=O)[C@@H](NC(=O)OC(C)(C)C)CS2. The second kappa shape index (κ2) is 12.6. The Kier molecular flexibility index (Phi) is 9.76. The molecule has 1 aliphatic heterocycles. The molecule has 1 aliphatic rings. The van der Waals surface area contributed by atoms with Gasteiger partial charge in [-0.2, -0.15) is 0 Å². The predicted molar refractivity (Wildman–Crippen MR) is 142 cm³/mol. The number of alkyl carbamates (subject to hydrolysis) is 1.